The first-order valence-corrected chi connectivity index (χ1v) is 9.97. The van der Waals surface area contributed by atoms with Crippen molar-refractivity contribution in [1.29, 1.82) is 0 Å². The van der Waals surface area contributed by atoms with E-state index in [1.165, 1.54) is 0 Å². The predicted molar refractivity (Wildman–Crippen MR) is 115 cm³/mol. The van der Waals surface area contributed by atoms with Crippen molar-refractivity contribution in [2.45, 2.75) is 31.3 Å². The van der Waals surface area contributed by atoms with Gasteiger partial charge in [-0.2, -0.15) is 0 Å². The van der Waals surface area contributed by atoms with Gasteiger partial charge < -0.3 is 20.2 Å². The average molecular weight is 402 g/mol. The van der Waals surface area contributed by atoms with Gasteiger partial charge in [-0.25, -0.2) is 19.9 Å². The van der Waals surface area contributed by atoms with E-state index in [4.69, 9.17) is 0 Å². The maximum atomic E-state index is 12.2. The summed E-state index contributed by atoms with van der Waals surface area (Å²) in [5.74, 6) is 1.32. The van der Waals surface area contributed by atoms with Gasteiger partial charge in [0.1, 0.15) is 5.52 Å². The summed E-state index contributed by atoms with van der Waals surface area (Å²) in [4.78, 5) is 33.1. The van der Waals surface area contributed by atoms with Crippen molar-refractivity contribution < 1.29 is 0 Å². The molecule has 1 saturated carbocycles. The third-order valence-corrected chi connectivity index (χ3v) is 5.45. The highest BCUT2D eigenvalue weighted by Crippen LogP contribution is 2.25. The molecule has 0 radical (unpaired) electrons. The largest absolute Gasteiger partial charge is 0.353 e. The number of aromatic nitrogens is 6. The Labute approximate surface area is 172 Å². The molecule has 3 N–H and O–H groups in total. The van der Waals surface area contributed by atoms with Crippen LogP contribution in [0.4, 0.5) is 11.9 Å². The number of imidazole rings is 1. The summed E-state index contributed by atoms with van der Waals surface area (Å²) in [6.07, 6.45) is 9.85. The smallest absolute Gasteiger partial charge is 0.258 e. The van der Waals surface area contributed by atoms with Gasteiger partial charge in [-0.05, 0) is 43.5 Å². The summed E-state index contributed by atoms with van der Waals surface area (Å²) >= 11 is 0. The molecule has 0 spiro atoms. The lowest BCUT2D eigenvalue weighted by atomic mass is 10.1. The van der Waals surface area contributed by atoms with E-state index < -0.39 is 0 Å². The second-order valence-corrected chi connectivity index (χ2v) is 7.59. The summed E-state index contributed by atoms with van der Waals surface area (Å²) < 4.78 is 1.55. The molecule has 0 saturated heterocycles. The Hall–Kier alpha value is -3.75. The molecule has 9 nitrogen and oxygen atoms in total. The van der Waals surface area contributed by atoms with Crippen molar-refractivity contribution in [2.24, 2.45) is 7.05 Å². The van der Waals surface area contributed by atoms with Crippen LogP contribution in [0.3, 0.4) is 0 Å². The number of aryl methyl sites for hydroxylation is 1. The van der Waals surface area contributed by atoms with E-state index in [9.17, 15) is 4.79 Å². The third-order valence-electron chi connectivity index (χ3n) is 5.45. The summed E-state index contributed by atoms with van der Waals surface area (Å²) in [6, 6.07) is 8.04. The van der Waals surface area contributed by atoms with E-state index in [1.54, 1.807) is 42.5 Å². The van der Waals surface area contributed by atoms with E-state index in [-0.39, 0.29) is 11.6 Å². The maximum absolute atomic E-state index is 12.2. The van der Waals surface area contributed by atoms with Crippen molar-refractivity contribution in [2.75, 3.05) is 10.6 Å². The minimum Gasteiger partial charge on any atom is -0.353 e. The molecule has 4 heterocycles. The van der Waals surface area contributed by atoms with Crippen LogP contribution >= 0.6 is 0 Å². The zero-order chi connectivity index (χ0) is 20.5. The Kier molecular flexibility index (Phi) is 4.62. The first-order chi connectivity index (χ1) is 14.7. The topological polar surface area (TPSA) is 113 Å². The Bertz CT molecular complexity index is 1200. The van der Waals surface area contributed by atoms with Crippen LogP contribution < -0.4 is 16.2 Å². The van der Waals surface area contributed by atoms with Crippen LogP contribution in [-0.2, 0) is 7.05 Å². The van der Waals surface area contributed by atoms with Crippen LogP contribution in [0.2, 0.25) is 0 Å². The van der Waals surface area contributed by atoms with Crippen LogP contribution in [0.1, 0.15) is 19.3 Å². The predicted octanol–water partition coefficient (Wildman–Crippen LogP) is 2.56. The number of anilines is 2. The molecule has 0 bridgehead atoms. The molecule has 30 heavy (non-hydrogen) atoms. The molecular formula is C21H22N8O. The molecule has 4 aromatic heterocycles. The normalized spacial score (nSPS) is 18.6. The van der Waals surface area contributed by atoms with Gasteiger partial charge in [-0.15, -0.1) is 0 Å². The van der Waals surface area contributed by atoms with Gasteiger partial charge in [0.05, 0.1) is 5.56 Å². The third kappa shape index (κ3) is 3.61. The molecule has 0 aliphatic heterocycles. The van der Waals surface area contributed by atoms with E-state index in [0.717, 1.165) is 36.4 Å². The number of hydrogen-bond donors (Lipinski definition) is 3. The Morgan fingerprint density at radius 1 is 1.07 bits per heavy atom. The molecular weight excluding hydrogens is 380 g/mol. The van der Waals surface area contributed by atoms with Crippen LogP contribution in [-0.4, -0.2) is 41.6 Å². The number of nitrogens with one attached hydrogen (secondary N) is 3. The zero-order valence-electron chi connectivity index (χ0n) is 16.5. The van der Waals surface area contributed by atoms with Gasteiger partial charge in [0, 0.05) is 49.5 Å². The molecule has 2 atom stereocenters. The Morgan fingerprint density at radius 2 is 1.87 bits per heavy atom. The van der Waals surface area contributed by atoms with Crippen molar-refractivity contribution in [3.8, 4) is 11.1 Å². The quantitative estimate of drug-likeness (QED) is 0.470. The fourth-order valence-corrected chi connectivity index (χ4v) is 3.89. The Morgan fingerprint density at radius 3 is 2.67 bits per heavy atom. The van der Waals surface area contributed by atoms with Crippen molar-refractivity contribution in [1.82, 2.24) is 29.5 Å². The zero-order valence-corrected chi connectivity index (χ0v) is 16.5. The second-order valence-electron chi connectivity index (χ2n) is 7.59. The summed E-state index contributed by atoms with van der Waals surface area (Å²) in [5, 5.41) is 6.86. The molecule has 1 aliphatic rings. The maximum Gasteiger partial charge on any atom is 0.258 e. The molecule has 152 valence electrons. The Balaban J connectivity index is 1.21. The average Bonchev–Trinajstić information content (AvgIpc) is 3.37. The monoisotopic (exact) mass is 402 g/mol. The van der Waals surface area contributed by atoms with Crippen molar-refractivity contribution >= 4 is 23.1 Å². The highest BCUT2D eigenvalue weighted by molar-refractivity contribution is 5.72. The van der Waals surface area contributed by atoms with Crippen LogP contribution in [0.15, 0.2) is 53.8 Å². The van der Waals surface area contributed by atoms with Crippen molar-refractivity contribution in [3.63, 3.8) is 0 Å². The first-order valence-electron chi connectivity index (χ1n) is 9.97. The second kappa shape index (κ2) is 7.58. The van der Waals surface area contributed by atoms with E-state index in [0.29, 0.717) is 23.1 Å². The minimum atomic E-state index is -0.0627. The van der Waals surface area contributed by atoms with E-state index >= 15 is 0 Å². The number of aromatic amines is 1. The highest BCUT2D eigenvalue weighted by Gasteiger charge is 2.26. The lowest BCUT2D eigenvalue weighted by Gasteiger charge is -2.14. The van der Waals surface area contributed by atoms with E-state index in [2.05, 4.69) is 35.6 Å². The van der Waals surface area contributed by atoms with E-state index in [1.807, 2.05) is 18.2 Å². The fraction of sp³-hybridized carbons (Fsp3) is 0.286. The number of rotatable bonds is 5. The first kappa shape index (κ1) is 18.3. The molecule has 0 aromatic carbocycles. The van der Waals surface area contributed by atoms with Crippen LogP contribution in [0, 0.1) is 0 Å². The molecule has 0 amide bonds. The number of fused-ring (bicyclic) bond motifs is 1. The number of pyridine rings is 2. The van der Waals surface area contributed by atoms with Gasteiger partial charge in [0.2, 0.25) is 11.9 Å². The molecule has 1 aliphatic carbocycles. The number of H-pyrrole nitrogens is 1. The fourth-order valence-electron chi connectivity index (χ4n) is 3.89. The number of nitrogens with zero attached hydrogens (tertiary/aromatic N) is 5. The van der Waals surface area contributed by atoms with Gasteiger partial charge in [-0.3, -0.25) is 4.79 Å². The summed E-state index contributed by atoms with van der Waals surface area (Å²) in [5.41, 5.74) is 2.89. The molecule has 4 aromatic rings. The standard InChI is InChI=1S/C21H22N8O/c1-29-9-3-4-16(19(29)30)13-11-23-20(24-12-13)25-14-6-7-15(10-14)26-21-27-17-5-2-8-22-18(17)28-21/h2-5,8-9,11-12,14-15H,6-7,10H2,1H3,(H,23,24,25)(H2,22,26,27,28)/t14-,15-/m0/s1. The summed E-state index contributed by atoms with van der Waals surface area (Å²) in [7, 11) is 1.73. The SMILES string of the molecule is Cn1cccc(-c2cnc(N[C@H]3CC[C@H](Nc4nc5cccnc5[nH]4)C3)nc2)c1=O. The minimum absolute atomic E-state index is 0.0627. The highest BCUT2D eigenvalue weighted by atomic mass is 16.1. The molecule has 1 fully saturated rings. The van der Waals surface area contributed by atoms with Crippen LogP contribution in [0.5, 0.6) is 0 Å². The summed E-state index contributed by atoms with van der Waals surface area (Å²) in [6.45, 7) is 0. The van der Waals surface area contributed by atoms with Gasteiger partial charge in [0.15, 0.2) is 5.65 Å². The molecule has 5 rings (SSSR count). The molecule has 9 heteroatoms. The van der Waals surface area contributed by atoms with Crippen LogP contribution in [0.25, 0.3) is 22.3 Å². The van der Waals surface area contributed by atoms with Crippen molar-refractivity contribution in [3.05, 3.63) is 59.4 Å². The van der Waals surface area contributed by atoms with Gasteiger partial charge in [-0.1, -0.05) is 0 Å². The lowest BCUT2D eigenvalue weighted by molar-refractivity contribution is 0.715. The lowest BCUT2D eigenvalue weighted by Crippen LogP contribution is -2.22. The van der Waals surface area contributed by atoms with Gasteiger partial charge >= 0.3 is 0 Å². The number of hydrogen-bond acceptors (Lipinski definition) is 7. The van der Waals surface area contributed by atoms with Gasteiger partial charge in [0.25, 0.3) is 5.56 Å². The molecule has 0 unspecified atom stereocenters.